The van der Waals surface area contributed by atoms with E-state index in [-0.39, 0.29) is 29.0 Å². The van der Waals surface area contributed by atoms with E-state index in [0.717, 1.165) is 93.1 Å². The fourth-order valence-electron chi connectivity index (χ4n) is 8.04. The zero-order valence-corrected chi connectivity index (χ0v) is 36.2. The van der Waals surface area contributed by atoms with Crippen LogP contribution in [0.5, 0.6) is 0 Å². The van der Waals surface area contributed by atoms with Crippen molar-refractivity contribution in [2.24, 2.45) is 10.8 Å². The second kappa shape index (κ2) is 23.1. The van der Waals surface area contributed by atoms with Crippen molar-refractivity contribution in [2.45, 2.75) is 129 Å². The first kappa shape index (κ1) is 47.0. The Bertz CT molecular complexity index is 1650. The number of ether oxygens (including phenoxy) is 2. The molecule has 0 spiro atoms. The largest absolute Gasteiger partial charge is 0.467 e. The van der Waals surface area contributed by atoms with Crippen LogP contribution in [0.2, 0.25) is 0 Å². The van der Waals surface area contributed by atoms with Crippen molar-refractivity contribution in [3.8, 4) is 0 Å². The maximum Gasteiger partial charge on any atom is 0.328 e. The highest BCUT2D eigenvalue weighted by atomic mass is 32.2. The van der Waals surface area contributed by atoms with E-state index >= 15 is 0 Å². The Morgan fingerprint density at radius 3 is 1.38 bits per heavy atom. The minimum absolute atomic E-state index is 0.0339. The summed E-state index contributed by atoms with van der Waals surface area (Å²) in [5, 5.41) is 5.97. The molecule has 2 aliphatic rings. The highest BCUT2D eigenvalue weighted by molar-refractivity contribution is 7.98. The molecular weight excluding hydrogens is 749 g/mol. The fourth-order valence-corrected chi connectivity index (χ4v) is 9.26. The van der Waals surface area contributed by atoms with Crippen LogP contribution in [0.25, 0.3) is 0 Å². The number of benzene rings is 2. The molecule has 2 saturated carbocycles. The summed E-state index contributed by atoms with van der Waals surface area (Å²) in [5.41, 5.74) is 3.46. The molecule has 2 aromatic carbocycles. The molecule has 2 aromatic rings. The van der Waals surface area contributed by atoms with Gasteiger partial charge >= 0.3 is 11.9 Å². The molecule has 10 nitrogen and oxygen atoms in total. The normalized spacial score (nSPS) is 16.8. The first-order valence-corrected chi connectivity index (χ1v) is 23.7. The maximum absolute atomic E-state index is 13.2. The van der Waals surface area contributed by atoms with Gasteiger partial charge in [-0.1, -0.05) is 98.2 Å². The smallest absolute Gasteiger partial charge is 0.328 e. The average molecular weight is 815 g/mol. The van der Waals surface area contributed by atoms with Crippen LogP contribution in [0.1, 0.15) is 112 Å². The highest BCUT2D eigenvalue weighted by Gasteiger charge is 2.43. The Kier molecular flexibility index (Phi) is 19.4. The first-order chi connectivity index (χ1) is 26.7. The van der Waals surface area contributed by atoms with Gasteiger partial charge in [-0.2, -0.15) is 11.8 Å². The third-order valence-corrected chi connectivity index (χ3v) is 13.2. The molecular formula is C44H66N2O8S2. The molecule has 56 heavy (non-hydrogen) atoms. The summed E-state index contributed by atoms with van der Waals surface area (Å²) in [6.45, 7) is 4.03. The van der Waals surface area contributed by atoms with Crippen LogP contribution in [0.15, 0.2) is 48.5 Å². The van der Waals surface area contributed by atoms with Gasteiger partial charge in [0, 0.05) is 35.7 Å². The van der Waals surface area contributed by atoms with Crippen molar-refractivity contribution in [3.63, 3.8) is 0 Å². The van der Waals surface area contributed by atoms with E-state index in [4.69, 9.17) is 9.47 Å². The van der Waals surface area contributed by atoms with Gasteiger partial charge in [-0.15, -0.1) is 0 Å². The van der Waals surface area contributed by atoms with E-state index in [1.165, 1.54) is 26.0 Å². The predicted octanol–water partition coefficient (Wildman–Crippen LogP) is 7.26. The Balaban J connectivity index is 0.000000301. The second-order valence-electron chi connectivity index (χ2n) is 16.0. The van der Waals surface area contributed by atoms with Crippen molar-refractivity contribution >= 4 is 45.4 Å². The summed E-state index contributed by atoms with van der Waals surface area (Å²) < 4.78 is 32.6. The van der Waals surface area contributed by atoms with Crippen LogP contribution in [0.3, 0.4) is 0 Å². The number of amides is 2. The van der Waals surface area contributed by atoms with E-state index < -0.39 is 33.3 Å². The Hall–Kier alpha value is -3.38. The zero-order valence-electron chi connectivity index (χ0n) is 34.6. The standard InChI is InChI=1S/C22H33NO5S.C22H33NO3S/c1-17-8-10-18(11-9-17)16-19(20(24)28-2)23-21(25)22(12-4-5-13-22)14-6-7-15-29(3,26)27;1-17-8-10-18(11-9-17)16-19(20(24)26-2)23-21(25)22(12-4-5-13-22)14-6-7-15-27-3/h8-11,19H,4-7,12-16H2,1-3H3,(H,23,25);8-11,19H,4-7,12-16H2,1-3H3,(H,23,25). The molecule has 2 N–H and O–H groups in total. The molecule has 4 rings (SSSR count). The fraction of sp³-hybridized carbons (Fsp3) is 0.636. The van der Waals surface area contributed by atoms with E-state index in [2.05, 4.69) is 16.9 Å². The average Bonchev–Trinajstić information content (AvgIpc) is 3.87. The van der Waals surface area contributed by atoms with Crippen molar-refractivity contribution < 1.29 is 37.1 Å². The number of carbonyl (C=O) groups excluding carboxylic acids is 4. The Morgan fingerprint density at radius 1 is 0.661 bits per heavy atom. The molecule has 0 radical (unpaired) electrons. The van der Waals surface area contributed by atoms with E-state index in [0.29, 0.717) is 32.1 Å². The van der Waals surface area contributed by atoms with E-state index in [1.54, 1.807) is 0 Å². The summed E-state index contributed by atoms with van der Waals surface area (Å²) in [4.78, 5) is 51.0. The third kappa shape index (κ3) is 15.2. The number of carbonyl (C=O) groups is 4. The summed E-state index contributed by atoms with van der Waals surface area (Å²) in [7, 11) is -0.287. The number of sulfone groups is 1. The molecule has 0 bridgehead atoms. The van der Waals surface area contributed by atoms with Gasteiger partial charge in [-0.3, -0.25) is 9.59 Å². The van der Waals surface area contributed by atoms with Crippen LogP contribution in [0.4, 0.5) is 0 Å². The number of unbranched alkanes of at least 4 members (excludes halogenated alkanes) is 2. The minimum Gasteiger partial charge on any atom is -0.467 e. The number of nitrogens with one attached hydrogen (secondary N) is 2. The van der Waals surface area contributed by atoms with Gasteiger partial charge in [0.2, 0.25) is 11.8 Å². The number of methoxy groups -OCH3 is 2. The van der Waals surface area contributed by atoms with E-state index in [9.17, 15) is 27.6 Å². The number of aryl methyl sites for hydroxylation is 2. The van der Waals surface area contributed by atoms with Crippen molar-refractivity contribution in [3.05, 3.63) is 70.8 Å². The maximum atomic E-state index is 13.2. The number of hydrogen-bond acceptors (Lipinski definition) is 9. The second-order valence-corrected chi connectivity index (χ2v) is 19.2. The summed E-state index contributed by atoms with van der Waals surface area (Å²) in [6, 6.07) is 14.6. The molecule has 0 heterocycles. The van der Waals surface area contributed by atoms with Crippen molar-refractivity contribution in [1.82, 2.24) is 10.6 Å². The minimum atomic E-state index is -2.99. The van der Waals surface area contributed by atoms with Crippen molar-refractivity contribution in [1.29, 1.82) is 0 Å². The number of thioether (sulfide) groups is 1. The molecule has 312 valence electrons. The van der Waals surface area contributed by atoms with Crippen LogP contribution in [-0.4, -0.2) is 82.5 Å². The topological polar surface area (TPSA) is 145 Å². The SMILES string of the molecule is COC(=O)C(Cc1ccc(C)cc1)NC(=O)C1(CCCCS(C)(=O)=O)CCCC1.COC(=O)C(Cc1ccc(C)cc1)NC(=O)C1(CCCCSC)CCCC1. The summed E-state index contributed by atoms with van der Waals surface area (Å²) >= 11 is 1.85. The van der Waals surface area contributed by atoms with Gasteiger partial charge in [-0.05, 0) is 88.3 Å². The molecule has 2 atom stereocenters. The molecule has 0 aromatic heterocycles. The van der Waals surface area contributed by atoms with Gasteiger partial charge in [0.25, 0.3) is 0 Å². The highest BCUT2D eigenvalue weighted by Crippen LogP contribution is 2.44. The number of hydrogen-bond donors (Lipinski definition) is 2. The molecule has 2 amide bonds. The van der Waals surface area contributed by atoms with Crippen LogP contribution < -0.4 is 10.6 Å². The first-order valence-electron chi connectivity index (χ1n) is 20.2. The molecule has 0 saturated heterocycles. The third-order valence-electron chi connectivity index (χ3n) is 11.5. The molecule has 0 aliphatic heterocycles. The van der Waals surface area contributed by atoms with Gasteiger partial charge in [0.1, 0.15) is 21.9 Å². The molecule has 2 unspecified atom stereocenters. The van der Waals surface area contributed by atoms with Crippen molar-refractivity contribution in [2.75, 3.05) is 38.2 Å². The number of esters is 2. The lowest BCUT2D eigenvalue weighted by Gasteiger charge is -2.30. The lowest BCUT2D eigenvalue weighted by molar-refractivity contribution is -0.147. The van der Waals surface area contributed by atoms with Crippen LogP contribution in [0, 0.1) is 24.7 Å². The van der Waals surface area contributed by atoms with Gasteiger partial charge in [0.05, 0.1) is 14.2 Å². The zero-order chi connectivity index (χ0) is 41.2. The molecule has 12 heteroatoms. The molecule has 2 fully saturated rings. The van der Waals surface area contributed by atoms with Gasteiger partial charge in [0.15, 0.2) is 0 Å². The van der Waals surface area contributed by atoms with Gasteiger partial charge < -0.3 is 20.1 Å². The Morgan fingerprint density at radius 2 is 1.04 bits per heavy atom. The number of rotatable bonds is 20. The predicted molar refractivity (Wildman–Crippen MR) is 225 cm³/mol. The monoisotopic (exact) mass is 814 g/mol. The molecule has 2 aliphatic carbocycles. The van der Waals surface area contributed by atoms with Crippen LogP contribution >= 0.6 is 11.8 Å². The summed E-state index contributed by atoms with van der Waals surface area (Å²) in [6.07, 6.45) is 16.7. The quantitative estimate of drug-likeness (QED) is 0.104. The van der Waals surface area contributed by atoms with E-state index in [1.807, 2.05) is 74.1 Å². The lowest BCUT2D eigenvalue weighted by Crippen LogP contribution is -2.49. The van der Waals surface area contributed by atoms with Gasteiger partial charge in [-0.25, -0.2) is 18.0 Å². The lowest BCUT2D eigenvalue weighted by atomic mass is 9.80. The van der Waals surface area contributed by atoms with Crippen LogP contribution in [-0.2, 0) is 51.3 Å². The summed E-state index contributed by atoms with van der Waals surface area (Å²) in [5.74, 6) is 0.367. The Labute approximate surface area is 340 Å².